The number of para-hydroxylation sites is 3. The number of allylic oxidation sites excluding steroid dienone is 1. The number of fused-ring (bicyclic) bond motifs is 11. The van der Waals surface area contributed by atoms with Crippen LogP contribution in [0.25, 0.3) is 43.8 Å². The van der Waals surface area contributed by atoms with Gasteiger partial charge in [-0.05, 0) is 153 Å². The van der Waals surface area contributed by atoms with Crippen molar-refractivity contribution in [2.24, 2.45) is 0 Å². The van der Waals surface area contributed by atoms with Crippen LogP contribution in [0.2, 0.25) is 0 Å². The maximum atomic E-state index is 3.70. The van der Waals surface area contributed by atoms with Gasteiger partial charge in [0, 0.05) is 39.3 Å². The van der Waals surface area contributed by atoms with E-state index in [4.69, 9.17) is 0 Å². The molecule has 2 nitrogen and oxygen atoms in total. The summed E-state index contributed by atoms with van der Waals surface area (Å²) in [4.78, 5) is 2.38. The van der Waals surface area contributed by atoms with E-state index in [1.165, 1.54) is 71.6 Å². The Hall–Kier alpha value is -6.38. The zero-order chi connectivity index (χ0) is 38.8. The van der Waals surface area contributed by atoms with Gasteiger partial charge in [0.05, 0.1) is 0 Å². The molecule has 10 rings (SSSR count). The Balaban J connectivity index is 0.000000980. The van der Waals surface area contributed by atoms with Crippen molar-refractivity contribution in [3.63, 3.8) is 0 Å². The lowest BCUT2D eigenvalue weighted by Crippen LogP contribution is -2.17. The van der Waals surface area contributed by atoms with Crippen LogP contribution in [0.15, 0.2) is 176 Å². The summed E-state index contributed by atoms with van der Waals surface area (Å²) in [5, 5.41) is 8.85. The Morgan fingerprint density at radius 1 is 0.446 bits per heavy atom. The van der Waals surface area contributed by atoms with E-state index in [2.05, 4.69) is 208 Å². The molecule has 0 saturated heterocycles. The van der Waals surface area contributed by atoms with Gasteiger partial charge in [-0.25, -0.2) is 0 Å². The summed E-state index contributed by atoms with van der Waals surface area (Å²) in [6.45, 7) is 17.2. The van der Waals surface area contributed by atoms with Gasteiger partial charge in [0.25, 0.3) is 0 Å². The fourth-order valence-corrected chi connectivity index (χ4v) is 9.27. The fourth-order valence-electron chi connectivity index (χ4n) is 9.27. The molecule has 2 aliphatic carbocycles. The number of hydrogen-bond acceptors (Lipinski definition) is 2. The molecular formula is C54H48N2. The molecule has 0 atom stereocenters. The van der Waals surface area contributed by atoms with E-state index < -0.39 is 0 Å². The Morgan fingerprint density at radius 2 is 0.982 bits per heavy atom. The van der Waals surface area contributed by atoms with Gasteiger partial charge in [0.15, 0.2) is 0 Å². The Labute approximate surface area is 331 Å². The molecule has 0 unspecified atom stereocenters. The summed E-state index contributed by atoms with van der Waals surface area (Å²) >= 11 is 0. The molecule has 0 fully saturated rings. The molecule has 2 heteroatoms. The second-order valence-electron chi connectivity index (χ2n) is 16.7. The van der Waals surface area contributed by atoms with Crippen molar-refractivity contribution >= 4 is 50.0 Å². The highest BCUT2D eigenvalue weighted by molar-refractivity contribution is 6.20. The van der Waals surface area contributed by atoms with Gasteiger partial charge in [-0.15, -0.1) is 6.58 Å². The van der Waals surface area contributed by atoms with Gasteiger partial charge in [-0.1, -0.05) is 124 Å². The van der Waals surface area contributed by atoms with Crippen molar-refractivity contribution in [1.82, 2.24) is 0 Å². The van der Waals surface area contributed by atoms with Crippen LogP contribution >= 0.6 is 0 Å². The van der Waals surface area contributed by atoms with Crippen molar-refractivity contribution in [2.45, 2.75) is 52.4 Å². The number of nitrogens with zero attached hydrogens (tertiary/aromatic N) is 1. The van der Waals surface area contributed by atoms with Crippen LogP contribution in [-0.4, -0.2) is 0 Å². The fraction of sp³-hybridized carbons (Fsp3) is 0.148. The minimum atomic E-state index is -0.236. The number of anilines is 5. The standard InChI is InChI=1S/C50H40N2.C4H8/c1-49(2)44-23-15-14-22-39(44)40-30-46-43(31-45(40)49)47-41-28-33(51-32-16-8-5-9-17-32)24-26-37(41)38-27-25-36(29-42(38)48(47)50(46,3)4)52(34-18-10-6-11-19-34)35-20-12-7-13-21-35;1-4(2)3/h5-31,51H,1-4H3;1H2,2-3H3. The van der Waals surface area contributed by atoms with Gasteiger partial charge in [-0.3, -0.25) is 0 Å². The molecule has 0 radical (unpaired) electrons. The molecule has 2 aliphatic rings. The Kier molecular flexibility index (Phi) is 8.47. The molecule has 56 heavy (non-hydrogen) atoms. The van der Waals surface area contributed by atoms with E-state index in [1.54, 1.807) is 0 Å². The zero-order valence-corrected chi connectivity index (χ0v) is 33.2. The van der Waals surface area contributed by atoms with Crippen LogP contribution < -0.4 is 10.2 Å². The lowest BCUT2D eigenvalue weighted by molar-refractivity contribution is 0.654. The van der Waals surface area contributed by atoms with Crippen molar-refractivity contribution in [3.8, 4) is 22.3 Å². The molecule has 0 heterocycles. The van der Waals surface area contributed by atoms with Crippen molar-refractivity contribution in [2.75, 3.05) is 10.2 Å². The SMILES string of the molecule is C=C(C)C.CC1(C)c2ccccc2-c2cc3c(cc21)-c1c(c2cc(N(c4ccccc4)c4ccccc4)ccc2c2ccc(Nc4ccccc4)cc12)C3(C)C. The lowest BCUT2D eigenvalue weighted by Gasteiger charge is -2.28. The quantitative estimate of drug-likeness (QED) is 0.140. The van der Waals surface area contributed by atoms with E-state index in [0.29, 0.717) is 0 Å². The molecule has 274 valence electrons. The summed E-state index contributed by atoms with van der Waals surface area (Å²) in [6.07, 6.45) is 0. The second kappa shape index (κ2) is 13.4. The Morgan fingerprint density at radius 3 is 1.64 bits per heavy atom. The monoisotopic (exact) mass is 724 g/mol. The molecule has 8 aromatic carbocycles. The third-order valence-electron chi connectivity index (χ3n) is 11.7. The molecule has 8 aromatic rings. The molecule has 0 bridgehead atoms. The van der Waals surface area contributed by atoms with E-state index in [-0.39, 0.29) is 10.8 Å². The molecule has 0 aromatic heterocycles. The number of nitrogens with one attached hydrogen (secondary N) is 1. The Bertz CT molecular complexity index is 2750. The largest absolute Gasteiger partial charge is 0.356 e. The molecule has 1 N–H and O–H groups in total. The minimum absolute atomic E-state index is 0.0838. The number of rotatable bonds is 5. The van der Waals surface area contributed by atoms with Gasteiger partial charge >= 0.3 is 0 Å². The maximum absolute atomic E-state index is 3.70. The summed E-state index contributed by atoms with van der Waals surface area (Å²) in [5.74, 6) is 0. The third-order valence-corrected chi connectivity index (χ3v) is 11.7. The van der Waals surface area contributed by atoms with Gasteiger partial charge in [-0.2, -0.15) is 0 Å². The molecule has 0 aliphatic heterocycles. The zero-order valence-electron chi connectivity index (χ0n) is 33.2. The third kappa shape index (κ3) is 5.71. The first-order chi connectivity index (χ1) is 27.0. The highest BCUT2D eigenvalue weighted by atomic mass is 15.1. The maximum Gasteiger partial charge on any atom is 0.0468 e. The number of hydrogen-bond donors (Lipinski definition) is 1. The van der Waals surface area contributed by atoms with Crippen LogP contribution in [-0.2, 0) is 10.8 Å². The van der Waals surface area contributed by atoms with Crippen molar-refractivity contribution < 1.29 is 0 Å². The first-order valence-corrected chi connectivity index (χ1v) is 19.7. The normalized spacial score (nSPS) is 13.9. The topological polar surface area (TPSA) is 15.3 Å². The smallest absolute Gasteiger partial charge is 0.0468 e. The highest BCUT2D eigenvalue weighted by Crippen LogP contribution is 2.59. The predicted octanol–water partition coefficient (Wildman–Crippen LogP) is 15.4. The summed E-state index contributed by atoms with van der Waals surface area (Å²) in [5.41, 5.74) is 17.5. The summed E-state index contributed by atoms with van der Waals surface area (Å²) in [6, 6.07) is 60.1. The lowest BCUT2D eigenvalue weighted by atomic mass is 9.78. The van der Waals surface area contributed by atoms with Crippen LogP contribution in [0, 0.1) is 0 Å². The summed E-state index contributed by atoms with van der Waals surface area (Å²) in [7, 11) is 0. The van der Waals surface area contributed by atoms with Gasteiger partial charge < -0.3 is 10.2 Å². The second-order valence-corrected chi connectivity index (χ2v) is 16.7. The van der Waals surface area contributed by atoms with Gasteiger partial charge in [0.2, 0.25) is 0 Å². The van der Waals surface area contributed by atoms with E-state index in [0.717, 1.165) is 28.4 Å². The summed E-state index contributed by atoms with van der Waals surface area (Å²) < 4.78 is 0. The van der Waals surface area contributed by atoms with Crippen molar-refractivity contribution in [3.05, 3.63) is 198 Å². The first-order valence-electron chi connectivity index (χ1n) is 19.7. The highest BCUT2D eigenvalue weighted by Gasteiger charge is 2.43. The number of benzene rings is 8. The van der Waals surface area contributed by atoms with Crippen molar-refractivity contribution in [1.29, 1.82) is 0 Å². The van der Waals surface area contributed by atoms with E-state index >= 15 is 0 Å². The van der Waals surface area contributed by atoms with E-state index in [9.17, 15) is 0 Å². The van der Waals surface area contributed by atoms with Crippen LogP contribution in [0.5, 0.6) is 0 Å². The van der Waals surface area contributed by atoms with Crippen LogP contribution in [0.1, 0.15) is 63.8 Å². The molecule has 0 spiro atoms. The van der Waals surface area contributed by atoms with E-state index in [1.807, 2.05) is 13.8 Å². The predicted molar refractivity (Wildman–Crippen MR) is 241 cm³/mol. The molecule has 0 amide bonds. The minimum Gasteiger partial charge on any atom is -0.356 e. The average Bonchev–Trinajstić information content (AvgIpc) is 3.58. The first kappa shape index (κ1) is 35.3. The van der Waals surface area contributed by atoms with Crippen LogP contribution in [0.3, 0.4) is 0 Å². The average molecular weight is 725 g/mol. The van der Waals surface area contributed by atoms with Crippen LogP contribution in [0.4, 0.5) is 28.4 Å². The van der Waals surface area contributed by atoms with Gasteiger partial charge in [0.1, 0.15) is 0 Å². The molecule has 0 saturated carbocycles. The molecular weight excluding hydrogens is 677 g/mol.